The zero-order chi connectivity index (χ0) is 15.6. The first-order chi connectivity index (χ1) is 9.87. The van der Waals surface area contributed by atoms with Crippen molar-refractivity contribution in [3.05, 3.63) is 38.9 Å². The highest BCUT2D eigenvalue weighted by Gasteiger charge is 2.44. The molecule has 0 aromatic heterocycles. The maximum Gasteiger partial charge on any atom is 0.331 e. The molecule has 1 unspecified atom stereocenters. The van der Waals surface area contributed by atoms with Gasteiger partial charge in [0.1, 0.15) is 10.6 Å². The second-order valence-electron chi connectivity index (χ2n) is 4.54. The van der Waals surface area contributed by atoms with Crippen LogP contribution in [0.1, 0.15) is 16.8 Å². The van der Waals surface area contributed by atoms with E-state index in [9.17, 15) is 24.8 Å². The maximum atomic E-state index is 12.2. The van der Waals surface area contributed by atoms with Crippen LogP contribution in [0.3, 0.4) is 0 Å². The molecule has 1 atom stereocenters. The van der Waals surface area contributed by atoms with Gasteiger partial charge < -0.3 is 15.2 Å². The van der Waals surface area contributed by atoms with Gasteiger partial charge in [0.25, 0.3) is 5.91 Å². The van der Waals surface area contributed by atoms with Crippen LogP contribution in [0.4, 0.5) is 5.69 Å². The highest BCUT2D eigenvalue weighted by atomic mass is 35.5. The number of carbonyl (C=O) groups excluding carboxylic acids is 1. The molecule has 8 nitrogen and oxygen atoms in total. The second kappa shape index (κ2) is 5.66. The number of hydrogen-bond donors (Lipinski definition) is 2. The lowest BCUT2D eigenvalue weighted by atomic mass is 9.98. The fourth-order valence-corrected chi connectivity index (χ4v) is 2.30. The van der Waals surface area contributed by atoms with Crippen LogP contribution in [-0.2, 0) is 9.53 Å². The third-order valence-electron chi connectivity index (χ3n) is 3.20. The largest absolute Gasteiger partial charge is 0.479 e. The molecule has 9 heteroatoms. The predicted molar refractivity (Wildman–Crippen MR) is 71.4 cm³/mol. The Bertz CT molecular complexity index is 612. The lowest BCUT2D eigenvalue weighted by Crippen LogP contribution is -2.55. The maximum absolute atomic E-state index is 12.2. The molecule has 112 valence electrons. The number of amides is 1. The number of nitro benzene ring substituents is 1. The molecule has 0 bridgehead atoms. The highest BCUT2D eigenvalue weighted by Crippen LogP contribution is 2.29. The van der Waals surface area contributed by atoms with E-state index < -0.39 is 28.0 Å². The summed E-state index contributed by atoms with van der Waals surface area (Å²) in [6.07, 6.45) is 0.0858. The van der Waals surface area contributed by atoms with E-state index in [1.165, 1.54) is 18.2 Å². The summed E-state index contributed by atoms with van der Waals surface area (Å²) in [5.41, 5.74) is -2.43. The summed E-state index contributed by atoms with van der Waals surface area (Å²) >= 11 is 5.72. The van der Waals surface area contributed by atoms with E-state index >= 15 is 0 Å². The Kier molecular flexibility index (Phi) is 4.10. The minimum atomic E-state index is -1.58. The first-order valence-electron chi connectivity index (χ1n) is 5.94. The molecule has 1 aliphatic heterocycles. The van der Waals surface area contributed by atoms with E-state index in [1.807, 2.05) is 0 Å². The summed E-state index contributed by atoms with van der Waals surface area (Å²) in [4.78, 5) is 33.7. The molecule has 0 spiro atoms. The smallest absolute Gasteiger partial charge is 0.331 e. The average Bonchev–Trinajstić information content (AvgIpc) is 2.87. The van der Waals surface area contributed by atoms with Crippen LogP contribution >= 0.6 is 11.6 Å². The number of nitrogens with zero attached hydrogens (tertiary/aromatic N) is 1. The van der Waals surface area contributed by atoms with E-state index in [0.29, 0.717) is 0 Å². The quantitative estimate of drug-likeness (QED) is 0.637. The van der Waals surface area contributed by atoms with Crippen LogP contribution < -0.4 is 5.32 Å². The lowest BCUT2D eigenvalue weighted by molar-refractivity contribution is -0.385. The number of ether oxygens (including phenoxy) is 1. The Morgan fingerprint density at radius 3 is 2.71 bits per heavy atom. The summed E-state index contributed by atoms with van der Waals surface area (Å²) in [6.45, 7) is -0.00729. The number of rotatable bonds is 4. The molecule has 1 amide bonds. The molecule has 1 heterocycles. The van der Waals surface area contributed by atoms with Gasteiger partial charge in [-0.1, -0.05) is 17.7 Å². The number of nitro groups is 1. The van der Waals surface area contributed by atoms with Gasteiger partial charge in [0, 0.05) is 13.0 Å². The number of para-hydroxylation sites is 1. The van der Waals surface area contributed by atoms with Crippen molar-refractivity contribution in [3.63, 3.8) is 0 Å². The molecular formula is C12H11ClN2O6. The van der Waals surface area contributed by atoms with Crippen molar-refractivity contribution in [1.82, 2.24) is 5.32 Å². The normalized spacial score (nSPS) is 21.0. The molecule has 1 saturated heterocycles. The van der Waals surface area contributed by atoms with Crippen molar-refractivity contribution in [2.75, 3.05) is 13.2 Å². The average molecular weight is 315 g/mol. The van der Waals surface area contributed by atoms with E-state index in [1.54, 1.807) is 0 Å². The first-order valence-corrected chi connectivity index (χ1v) is 6.32. The minimum Gasteiger partial charge on any atom is -0.479 e. The van der Waals surface area contributed by atoms with Crippen molar-refractivity contribution in [2.45, 2.75) is 12.0 Å². The van der Waals surface area contributed by atoms with Crippen molar-refractivity contribution in [1.29, 1.82) is 0 Å². The van der Waals surface area contributed by atoms with E-state index in [4.69, 9.17) is 16.3 Å². The topological polar surface area (TPSA) is 119 Å². The predicted octanol–water partition coefficient (Wildman–Crippen LogP) is 1.22. The Labute approximate surface area is 123 Å². The monoisotopic (exact) mass is 314 g/mol. The van der Waals surface area contributed by atoms with Gasteiger partial charge in [-0.2, -0.15) is 0 Å². The first kappa shape index (κ1) is 15.2. The van der Waals surface area contributed by atoms with Gasteiger partial charge in [-0.05, 0) is 12.1 Å². The fourth-order valence-electron chi connectivity index (χ4n) is 2.05. The third-order valence-corrected chi connectivity index (χ3v) is 3.50. The number of carboxylic acid groups (broad SMARTS) is 1. The van der Waals surface area contributed by atoms with Crippen LogP contribution in [-0.4, -0.2) is 40.7 Å². The molecule has 1 aromatic rings. The Morgan fingerprint density at radius 2 is 2.19 bits per heavy atom. The second-order valence-corrected chi connectivity index (χ2v) is 4.94. The van der Waals surface area contributed by atoms with E-state index in [2.05, 4.69) is 5.32 Å². The van der Waals surface area contributed by atoms with Crippen LogP contribution in [0.5, 0.6) is 0 Å². The third kappa shape index (κ3) is 2.81. The SMILES string of the molecule is O=C(NC1(C(=O)O)CCOC1)c1cccc(Cl)c1[N+](=O)[O-]. The summed E-state index contributed by atoms with van der Waals surface area (Å²) in [6, 6.07) is 3.87. The van der Waals surface area contributed by atoms with Gasteiger partial charge in [0.2, 0.25) is 0 Å². The molecule has 21 heavy (non-hydrogen) atoms. The van der Waals surface area contributed by atoms with Crippen molar-refractivity contribution >= 4 is 29.2 Å². The van der Waals surface area contributed by atoms with Crippen molar-refractivity contribution < 1.29 is 24.4 Å². The molecule has 1 fully saturated rings. The standard InChI is InChI=1S/C12H11ClN2O6/c13-8-3-1-2-7(9(8)15(19)20)10(16)14-12(11(17)18)4-5-21-6-12/h1-3H,4-6H2,(H,14,16)(H,17,18). The fraction of sp³-hybridized carbons (Fsp3) is 0.333. The summed E-state index contributed by atoms with van der Waals surface area (Å²) in [5, 5.41) is 22.3. The molecule has 0 radical (unpaired) electrons. The Hall–Kier alpha value is -2.19. The van der Waals surface area contributed by atoms with Gasteiger partial charge in [-0.15, -0.1) is 0 Å². The van der Waals surface area contributed by atoms with E-state index in [-0.39, 0.29) is 30.2 Å². The van der Waals surface area contributed by atoms with Crippen LogP contribution in [0.15, 0.2) is 18.2 Å². The molecule has 1 aromatic carbocycles. The molecular weight excluding hydrogens is 304 g/mol. The van der Waals surface area contributed by atoms with Crippen LogP contribution in [0.2, 0.25) is 5.02 Å². The Balaban J connectivity index is 2.35. The zero-order valence-corrected chi connectivity index (χ0v) is 11.4. The summed E-state index contributed by atoms with van der Waals surface area (Å²) < 4.78 is 5.00. The van der Waals surface area contributed by atoms with Gasteiger partial charge in [-0.25, -0.2) is 4.79 Å². The number of nitrogens with one attached hydrogen (secondary N) is 1. The molecule has 1 aliphatic rings. The number of benzene rings is 1. The summed E-state index contributed by atoms with van der Waals surface area (Å²) in [7, 11) is 0. The number of carbonyl (C=O) groups is 2. The van der Waals surface area contributed by atoms with Gasteiger partial charge in [-0.3, -0.25) is 14.9 Å². The van der Waals surface area contributed by atoms with Crippen molar-refractivity contribution in [3.8, 4) is 0 Å². The lowest BCUT2D eigenvalue weighted by Gasteiger charge is -2.23. The van der Waals surface area contributed by atoms with Crippen molar-refractivity contribution in [2.24, 2.45) is 0 Å². The minimum absolute atomic E-state index is 0.0858. The number of carboxylic acids is 1. The van der Waals surface area contributed by atoms with E-state index in [0.717, 1.165) is 0 Å². The zero-order valence-electron chi connectivity index (χ0n) is 10.7. The van der Waals surface area contributed by atoms with Crippen LogP contribution in [0, 0.1) is 10.1 Å². The van der Waals surface area contributed by atoms with Gasteiger partial charge in [0.15, 0.2) is 5.54 Å². The van der Waals surface area contributed by atoms with Gasteiger partial charge in [0.05, 0.1) is 11.5 Å². The molecule has 2 N–H and O–H groups in total. The molecule has 0 saturated carbocycles. The van der Waals surface area contributed by atoms with Gasteiger partial charge >= 0.3 is 11.7 Å². The molecule has 0 aliphatic carbocycles. The summed E-state index contributed by atoms with van der Waals surface area (Å²) in [5.74, 6) is -2.13. The number of hydrogen-bond acceptors (Lipinski definition) is 5. The number of halogens is 1. The molecule has 2 rings (SSSR count). The Morgan fingerprint density at radius 1 is 1.48 bits per heavy atom. The van der Waals surface area contributed by atoms with Crippen LogP contribution in [0.25, 0.3) is 0 Å². The number of aliphatic carboxylic acids is 1. The highest BCUT2D eigenvalue weighted by molar-refractivity contribution is 6.33.